The number of ether oxygens (including phenoxy) is 1. The Morgan fingerprint density at radius 1 is 0.920 bits per heavy atom. The topological polar surface area (TPSA) is 67.4 Å². The van der Waals surface area contributed by atoms with E-state index < -0.39 is 0 Å². The Morgan fingerprint density at radius 3 is 2.04 bits per heavy atom. The highest BCUT2D eigenvalue weighted by molar-refractivity contribution is 5.97. The molecule has 25 heavy (non-hydrogen) atoms. The van der Waals surface area contributed by atoms with Crippen molar-refractivity contribution in [3.05, 3.63) is 71.0 Å². The van der Waals surface area contributed by atoms with Gasteiger partial charge in [-0.3, -0.25) is 9.59 Å². The van der Waals surface area contributed by atoms with Gasteiger partial charge in [-0.2, -0.15) is 0 Å². The molecule has 5 nitrogen and oxygen atoms in total. The number of hydrogen-bond donors (Lipinski definition) is 2. The minimum atomic E-state index is -0.277. The first-order chi connectivity index (χ1) is 12.1. The summed E-state index contributed by atoms with van der Waals surface area (Å²) in [6.07, 6.45) is 0.415. The summed E-state index contributed by atoms with van der Waals surface area (Å²) in [6, 6.07) is 12.8. The van der Waals surface area contributed by atoms with Gasteiger partial charge >= 0.3 is 0 Å². The molecule has 0 saturated heterocycles. The summed E-state index contributed by atoms with van der Waals surface area (Å²) in [5, 5.41) is 5.45. The molecule has 132 valence electrons. The van der Waals surface area contributed by atoms with Gasteiger partial charge in [0.15, 0.2) is 0 Å². The molecule has 0 aromatic heterocycles. The van der Waals surface area contributed by atoms with Crippen molar-refractivity contribution in [2.24, 2.45) is 0 Å². The van der Waals surface area contributed by atoms with E-state index in [4.69, 9.17) is 4.74 Å². The summed E-state index contributed by atoms with van der Waals surface area (Å²) in [7, 11) is 1.56. The third-order valence-corrected chi connectivity index (χ3v) is 3.64. The maximum absolute atomic E-state index is 13.5. The van der Waals surface area contributed by atoms with Crippen LogP contribution in [0.5, 0.6) is 0 Å². The van der Waals surface area contributed by atoms with E-state index in [0.29, 0.717) is 42.8 Å². The molecule has 0 aliphatic heterocycles. The van der Waals surface area contributed by atoms with Crippen molar-refractivity contribution in [2.45, 2.75) is 6.42 Å². The van der Waals surface area contributed by atoms with Crippen LogP contribution in [-0.4, -0.2) is 38.6 Å². The van der Waals surface area contributed by atoms with Crippen LogP contribution in [0.3, 0.4) is 0 Å². The highest BCUT2D eigenvalue weighted by atomic mass is 19.1. The lowest BCUT2D eigenvalue weighted by Gasteiger charge is -2.08. The van der Waals surface area contributed by atoms with Crippen molar-refractivity contribution < 1.29 is 18.7 Å². The first-order valence-corrected chi connectivity index (χ1v) is 8.00. The van der Waals surface area contributed by atoms with Crippen LogP contribution in [0.15, 0.2) is 48.5 Å². The molecule has 0 spiro atoms. The van der Waals surface area contributed by atoms with Crippen molar-refractivity contribution in [3.8, 4) is 0 Å². The smallest absolute Gasteiger partial charge is 0.251 e. The van der Waals surface area contributed by atoms with Gasteiger partial charge in [0, 0.05) is 31.3 Å². The second-order valence-electron chi connectivity index (χ2n) is 5.42. The van der Waals surface area contributed by atoms with Gasteiger partial charge < -0.3 is 15.4 Å². The molecule has 0 radical (unpaired) electrons. The maximum atomic E-state index is 13.5. The SMILES string of the molecule is COCCNC(=O)c1ccc(C(=O)NCCc2ccccc2F)cc1. The molecule has 2 aromatic carbocycles. The highest BCUT2D eigenvalue weighted by Crippen LogP contribution is 2.07. The van der Waals surface area contributed by atoms with E-state index in [0.717, 1.165) is 0 Å². The number of nitrogens with one attached hydrogen (secondary N) is 2. The third-order valence-electron chi connectivity index (χ3n) is 3.64. The van der Waals surface area contributed by atoms with Crippen LogP contribution in [0.1, 0.15) is 26.3 Å². The van der Waals surface area contributed by atoms with E-state index in [1.54, 1.807) is 49.6 Å². The van der Waals surface area contributed by atoms with Crippen molar-refractivity contribution in [1.29, 1.82) is 0 Å². The summed E-state index contributed by atoms with van der Waals surface area (Å²) in [5.41, 5.74) is 1.48. The molecule has 2 rings (SSSR count). The molecule has 2 N–H and O–H groups in total. The summed E-state index contributed by atoms with van der Waals surface area (Å²) in [5.74, 6) is -0.758. The van der Waals surface area contributed by atoms with Crippen molar-refractivity contribution >= 4 is 11.8 Å². The van der Waals surface area contributed by atoms with E-state index >= 15 is 0 Å². The standard InChI is InChI=1S/C19H21FN2O3/c1-25-13-12-22-19(24)16-8-6-15(7-9-16)18(23)21-11-10-14-4-2-3-5-17(14)20/h2-9H,10-13H2,1H3,(H,21,23)(H,22,24). The van der Waals surface area contributed by atoms with Gasteiger partial charge in [0.25, 0.3) is 11.8 Å². The highest BCUT2D eigenvalue weighted by Gasteiger charge is 2.09. The first-order valence-electron chi connectivity index (χ1n) is 8.00. The molecule has 2 aromatic rings. The number of carbonyl (C=O) groups is 2. The predicted molar refractivity (Wildman–Crippen MR) is 93.1 cm³/mol. The van der Waals surface area contributed by atoms with E-state index in [2.05, 4.69) is 10.6 Å². The molecule has 0 fully saturated rings. The molecule has 0 aliphatic rings. The maximum Gasteiger partial charge on any atom is 0.251 e. The van der Waals surface area contributed by atoms with Crippen LogP contribution in [0.2, 0.25) is 0 Å². The Kier molecular flexibility index (Phi) is 7.10. The lowest BCUT2D eigenvalue weighted by atomic mass is 10.1. The Balaban J connectivity index is 1.83. The van der Waals surface area contributed by atoms with Crippen molar-refractivity contribution in [3.63, 3.8) is 0 Å². The average Bonchev–Trinajstić information content (AvgIpc) is 2.63. The van der Waals surface area contributed by atoms with E-state index in [-0.39, 0.29) is 17.6 Å². The van der Waals surface area contributed by atoms with Crippen LogP contribution >= 0.6 is 0 Å². The molecule has 0 atom stereocenters. The van der Waals surface area contributed by atoms with Crippen LogP contribution in [0.25, 0.3) is 0 Å². The second-order valence-corrected chi connectivity index (χ2v) is 5.42. The normalized spacial score (nSPS) is 10.3. The van der Waals surface area contributed by atoms with Crippen LogP contribution in [-0.2, 0) is 11.2 Å². The summed E-state index contributed by atoms with van der Waals surface area (Å²) in [6.45, 7) is 1.20. The molecule has 0 bridgehead atoms. The minimum Gasteiger partial charge on any atom is -0.383 e. The number of carbonyl (C=O) groups excluding carboxylic acids is 2. The van der Waals surface area contributed by atoms with Crippen molar-refractivity contribution in [1.82, 2.24) is 10.6 Å². The zero-order chi connectivity index (χ0) is 18.1. The van der Waals surface area contributed by atoms with Gasteiger partial charge in [0.1, 0.15) is 5.82 Å². The summed E-state index contributed by atoms with van der Waals surface area (Å²) >= 11 is 0. The minimum absolute atomic E-state index is 0.219. The summed E-state index contributed by atoms with van der Waals surface area (Å²) in [4.78, 5) is 23.9. The first kappa shape index (κ1) is 18.6. The average molecular weight is 344 g/mol. The Morgan fingerprint density at radius 2 is 1.48 bits per heavy atom. The van der Waals surface area contributed by atoms with Gasteiger partial charge in [-0.05, 0) is 42.3 Å². The Bertz CT molecular complexity index is 717. The van der Waals surface area contributed by atoms with Gasteiger partial charge in [-0.1, -0.05) is 18.2 Å². The molecular formula is C19H21FN2O3. The van der Waals surface area contributed by atoms with E-state index in [9.17, 15) is 14.0 Å². The van der Waals surface area contributed by atoms with Crippen LogP contribution in [0.4, 0.5) is 4.39 Å². The van der Waals surface area contributed by atoms with Gasteiger partial charge in [-0.25, -0.2) is 4.39 Å². The number of halogens is 1. The van der Waals surface area contributed by atoms with Crippen LogP contribution in [0, 0.1) is 5.82 Å². The zero-order valence-corrected chi connectivity index (χ0v) is 14.0. The number of hydrogen-bond acceptors (Lipinski definition) is 3. The number of methoxy groups -OCH3 is 1. The molecule has 2 amide bonds. The monoisotopic (exact) mass is 344 g/mol. The van der Waals surface area contributed by atoms with Crippen molar-refractivity contribution in [2.75, 3.05) is 26.8 Å². The molecule has 6 heteroatoms. The third kappa shape index (κ3) is 5.69. The quantitative estimate of drug-likeness (QED) is 0.721. The van der Waals surface area contributed by atoms with Crippen LogP contribution < -0.4 is 10.6 Å². The predicted octanol–water partition coefficient (Wildman–Crippen LogP) is 2.17. The molecule has 0 saturated carbocycles. The molecule has 0 aliphatic carbocycles. The van der Waals surface area contributed by atoms with E-state index in [1.165, 1.54) is 6.07 Å². The molecule has 0 unspecified atom stereocenters. The summed E-state index contributed by atoms with van der Waals surface area (Å²) < 4.78 is 18.4. The molecular weight excluding hydrogens is 323 g/mol. The number of benzene rings is 2. The van der Waals surface area contributed by atoms with Gasteiger partial charge in [0.2, 0.25) is 0 Å². The number of amides is 2. The Hall–Kier alpha value is -2.73. The van der Waals surface area contributed by atoms with E-state index in [1.807, 2.05) is 0 Å². The largest absolute Gasteiger partial charge is 0.383 e. The molecule has 0 heterocycles. The fraction of sp³-hybridized carbons (Fsp3) is 0.263. The van der Waals surface area contributed by atoms with Gasteiger partial charge in [-0.15, -0.1) is 0 Å². The van der Waals surface area contributed by atoms with Gasteiger partial charge in [0.05, 0.1) is 6.61 Å². The zero-order valence-electron chi connectivity index (χ0n) is 14.0. The second kappa shape index (κ2) is 9.54. The fourth-order valence-electron chi connectivity index (χ4n) is 2.26. The lowest BCUT2D eigenvalue weighted by Crippen LogP contribution is -2.27. The number of rotatable bonds is 8. The fourth-order valence-corrected chi connectivity index (χ4v) is 2.26. The lowest BCUT2D eigenvalue weighted by molar-refractivity contribution is 0.0931. The Labute approximate surface area is 146 Å².